The summed E-state index contributed by atoms with van der Waals surface area (Å²) in [5, 5.41) is 3.02. The number of hydrogen-bond donors (Lipinski definition) is 1. The number of carbonyl (C=O) groups excluding carboxylic acids is 2. The molecule has 1 N–H and O–H groups in total. The van der Waals surface area contributed by atoms with E-state index >= 15 is 0 Å². The second-order valence-corrected chi connectivity index (χ2v) is 11.0. The van der Waals surface area contributed by atoms with Gasteiger partial charge in [0.25, 0.3) is 10.0 Å². The fraction of sp³-hybridized carbons (Fsp3) is 0.286. The normalized spacial score (nSPS) is 12.0. The van der Waals surface area contributed by atoms with E-state index in [0.717, 1.165) is 21.9 Å². The molecule has 0 saturated carbocycles. The summed E-state index contributed by atoms with van der Waals surface area (Å²) < 4.78 is 28.4. The van der Waals surface area contributed by atoms with Crippen LogP contribution >= 0.6 is 11.6 Å². The molecule has 0 fully saturated rings. The number of benzene rings is 3. The second kappa shape index (κ2) is 12.7. The van der Waals surface area contributed by atoms with Gasteiger partial charge in [-0.2, -0.15) is 0 Å². The van der Waals surface area contributed by atoms with E-state index in [1.54, 1.807) is 49.4 Å². The lowest BCUT2D eigenvalue weighted by Gasteiger charge is -2.32. The number of sulfonamides is 1. The SMILES string of the molecule is CCCNC(=O)[C@@H](C)N(Cc1ccccc1C)C(=O)CN(c1ccccc1Cl)S(=O)(=O)c1ccccc1. The Morgan fingerprint density at radius 2 is 1.57 bits per heavy atom. The van der Waals surface area contributed by atoms with Crippen molar-refractivity contribution in [2.45, 2.75) is 44.7 Å². The molecule has 2 amide bonds. The molecule has 3 aromatic carbocycles. The quantitative estimate of drug-likeness (QED) is 0.378. The average molecular weight is 542 g/mol. The number of carbonyl (C=O) groups is 2. The van der Waals surface area contributed by atoms with Crippen LogP contribution in [-0.4, -0.2) is 44.3 Å². The molecule has 0 bridgehead atoms. The summed E-state index contributed by atoms with van der Waals surface area (Å²) in [5.41, 5.74) is 2.00. The van der Waals surface area contributed by atoms with Crippen molar-refractivity contribution in [3.05, 3.63) is 95.0 Å². The van der Waals surface area contributed by atoms with E-state index in [0.29, 0.717) is 6.54 Å². The van der Waals surface area contributed by atoms with Gasteiger partial charge in [0, 0.05) is 13.1 Å². The van der Waals surface area contributed by atoms with Crippen LogP contribution in [0.25, 0.3) is 0 Å². The molecular formula is C28H32ClN3O4S. The Labute approximate surface area is 224 Å². The molecule has 0 aliphatic rings. The molecule has 7 nitrogen and oxygen atoms in total. The third-order valence-corrected chi connectivity index (χ3v) is 8.14. The van der Waals surface area contributed by atoms with Crippen molar-refractivity contribution in [1.82, 2.24) is 10.2 Å². The minimum atomic E-state index is -4.15. The first-order chi connectivity index (χ1) is 17.7. The molecule has 0 aromatic heterocycles. The van der Waals surface area contributed by atoms with Crippen LogP contribution in [0.5, 0.6) is 0 Å². The van der Waals surface area contributed by atoms with Gasteiger partial charge in [0.1, 0.15) is 12.6 Å². The Morgan fingerprint density at radius 3 is 2.22 bits per heavy atom. The van der Waals surface area contributed by atoms with Gasteiger partial charge in [-0.05, 0) is 55.7 Å². The smallest absolute Gasteiger partial charge is 0.264 e. The van der Waals surface area contributed by atoms with Gasteiger partial charge in [0.15, 0.2) is 0 Å². The Morgan fingerprint density at radius 1 is 0.946 bits per heavy atom. The third-order valence-electron chi connectivity index (χ3n) is 6.05. The number of anilines is 1. The average Bonchev–Trinajstić information content (AvgIpc) is 2.90. The lowest BCUT2D eigenvalue weighted by molar-refractivity contribution is -0.139. The first-order valence-electron chi connectivity index (χ1n) is 12.1. The first-order valence-corrected chi connectivity index (χ1v) is 13.9. The maximum Gasteiger partial charge on any atom is 0.264 e. The van der Waals surface area contributed by atoms with Crippen LogP contribution in [0.4, 0.5) is 5.69 Å². The molecule has 196 valence electrons. The summed E-state index contributed by atoms with van der Waals surface area (Å²) in [4.78, 5) is 28.2. The van der Waals surface area contributed by atoms with Crippen LogP contribution in [-0.2, 0) is 26.2 Å². The number of aryl methyl sites for hydroxylation is 1. The monoisotopic (exact) mass is 541 g/mol. The second-order valence-electron chi connectivity index (χ2n) is 8.69. The molecule has 9 heteroatoms. The van der Waals surface area contributed by atoms with Crippen molar-refractivity contribution in [2.24, 2.45) is 0 Å². The van der Waals surface area contributed by atoms with Crippen molar-refractivity contribution in [3.8, 4) is 0 Å². The Kier molecular flexibility index (Phi) is 9.72. The zero-order valence-electron chi connectivity index (χ0n) is 21.2. The maximum atomic E-state index is 13.8. The van der Waals surface area contributed by atoms with E-state index in [2.05, 4.69) is 5.32 Å². The van der Waals surface area contributed by atoms with Crippen molar-refractivity contribution in [1.29, 1.82) is 0 Å². The summed E-state index contributed by atoms with van der Waals surface area (Å²) in [7, 11) is -4.15. The highest BCUT2D eigenvalue weighted by Gasteiger charge is 2.33. The first kappa shape index (κ1) is 28.2. The topological polar surface area (TPSA) is 86.8 Å². The minimum Gasteiger partial charge on any atom is -0.354 e. The van der Waals surface area contributed by atoms with Crippen LogP contribution in [0, 0.1) is 6.92 Å². The van der Waals surface area contributed by atoms with E-state index in [9.17, 15) is 18.0 Å². The van der Waals surface area contributed by atoms with Crippen LogP contribution in [0.3, 0.4) is 0 Å². The molecule has 0 aliphatic carbocycles. The molecule has 0 saturated heterocycles. The van der Waals surface area contributed by atoms with Crippen LogP contribution in [0.2, 0.25) is 5.02 Å². The van der Waals surface area contributed by atoms with Crippen molar-refractivity contribution < 1.29 is 18.0 Å². The Balaban J connectivity index is 2.03. The minimum absolute atomic E-state index is 0.0295. The van der Waals surface area contributed by atoms with Gasteiger partial charge in [-0.15, -0.1) is 0 Å². The van der Waals surface area contributed by atoms with Crippen molar-refractivity contribution in [3.63, 3.8) is 0 Å². The largest absolute Gasteiger partial charge is 0.354 e. The molecule has 0 heterocycles. The van der Waals surface area contributed by atoms with Crippen LogP contribution in [0.1, 0.15) is 31.4 Å². The van der Waals surface area contributed by atoms with Gasteiger partial charge in [-0.25, -0.2) is 8.42 Å². The number of para-hydroxylation sites is 1. The zero-order valence-corrected chi connectivity index (χ0v) is 22.8. The van der Waals surface area contributed by atoms with Gasteiger partial charge in [-0.1, -0.05) is 73.1 Å². The standard InChI is InChI=1S/C28H32ClN3O4S/c1-4-18-30-28(34)22(3)31(19-23-13-9-8-12-21(23)2)27(33)20-32(26-17-11-10-16-25(26)29)37(35,36)24-14-6-5-7-15-24/h5-17,22H,4,18-20H2,1-3H3,(H,30,34)/t22-/m1/s1. The lowest BCUT2D eigenvalue weighted by atomic mass is 10.1. The number of amides is 2. The van der Waals surface area contributed by atoms with Gasteiger partial charge < -0.3 is 10.2 Å². The molecule has 0 spiro atoms. The summed E-state index contributed by atoms with van der Waals surface area (Å²) in [6.45, 7) is 5.61. The van der Waals surface area contributed by atoms with Crippen LogP contribution < -0.4 is 9.62 Å². The molecule has 37 heavy (non-hydrogen) atoms. The highest BCUT2D eigenvalue weighted by atomic mass is 35.5. The summed E-state index contributed by atoms with van der Waals surface area (Å²) in [5.74, 6) is -0.833. The van der Waals surface area contributed by atoms with Gasteiger partial charge in [0.05, 0.1) is 15.6 Å². The van der Waals surface area contributed by atoms with Crippen LogP contribution in [0.15, 0.2) is 83.8 Å². The molecule has 0 aliphatic heterocycles. The molecule has 1 atom stereocenters. The summed E-state index contributed by atoms with van der Waals surface area (Å²) >= 11 is 6.40. The number of halogens is 1. The van der Waals surface area contributed by atoms with Crippen molar-refractivity contribution in [2.75, 3.05) is 17.4 Å². The molecule has 3 aromatic rings. The predicted molar refractivity (Wildman–Crippen MR) is 147 cm³/mol. The number of rotatable bonds is 11. The summed E-state index contributed by atoms with van der Waals surface area (Å²) in [6.07, 6.45) is 0.750. The number of hydrogen-bond acceptors (Lipinski definition) is 4. The van der Waals surface area contributed by atoms with E-state index in [4.69, 9.17) is 11.6 Å². The van der Waals surface area contributed by atoms with Gasteiger partial charge in [-0.3, -0.25) is 13.9 Å². The third kappa shape index (κ3) is 6.90. The molecule has 3 rings (SSSR count). The van der Waals surface area contributed by atoms with Gasteiger partial charge >= 0.3 is 0 Å². The zero-order chi connectivity index (χ0) is 27.0. The number of nitrogens with one attached hydrogen (secondary N) is 1. The highest BCUT2D eigenvalue weighted by molar-refractivity contribution is 7.92. The van der Waals surface area contributed by atoms with E-state index in [-0.39, 0.29) is 28.1 Å². The lowest BCUT2D eigenvalue weighted by Crippen LogP contribution is -2.51. The molecular weight excluding hydrogens is 510 g/mol. The predicted octanol–water partition coefficient (Wildman–Crippen LogP) is 4.79. The fourth-order valence-electron chi connectivity index (χ4n) is 3.84. The Bertz CT molecular complexity index is 1330. The fourth-order valence-corrected chi connectivity index (χ4v) is 5.58. The highest BCUT2D eigenvalue weighted by Crippen LogP contribution is 2.30. The molecule has 0 radical (unpaired) electrons. The van der Waals surface area contributed by atoms with Gasteiger partial charge in [0.2, 0.25) is 11.8 Å². The maximum absolute atomic E-state index is 13.8. The number of nitrogens with zero attached hydrogens (tertiary/aromatic N) is 2. The summed E-state index contributed by atoms with van der Waals surface area (Å²) in [6, 6.07) is 21.1. The van der Waals surface area contributed by atoms with E-state index < -0.39 is 28.5 Å². The Hall–Kier alpha value is -3.36. The van der Waals surface area contributed by atoms with E-state index in [1.807, 2.05) is 38.1 Å². The van der Waals surface area contributed by atoms with Crippen molar-refractivity contribution >= 4 is 39.1 Å². The van der Waals surface area contributed by atoms with E-state index in [1.165, 1.54) is 17.0 Å². The molecule has 0 unspecified atom stereocenters.